The van der Waals surface area contributed by atoms with Crippen LogP contribution in [0.15, 0.2) is 42.5 Å². The molecular formula is C15H17NO3. The normalized spacial score (nSPS) is 10.0. The molecule has 0 unspecified atom stereocenters. The highest BCUT2D eigenvalue weighted by atomic mass is 16.5. The number of nitrogens with two attached hydrogens (primary N) is 1. The van der Waals surface area contributed by atoms with Crippen molar-refractivity contribution in [3.8, 4) is 17.2 Å². The molecule has 0 aliphatic carbocycles. The molecule has 0 heterocycles. The topological polar surface area (TPSA) is 53.7 Å². The Bertz CT molecular complexity index is 515. The SMILES string of the molecule is COc1cc(N)cc(OC)c1OCc1ccccc1. The van der Waals surface area contributed by atoms with Crippen molar-refractivity contribution >= 4 is 5.69 Å². The third-order valence-corrected chi connectivity index (χ3v) is 2.71. The maximum Gasteiger partial charge on any atom is 0.204 e. The predicted octanol–water partition coefficient (Wildman–Crippen LogP) is 2.87. The number of hydrogen-bond donors (Lipinski definition) is 1. The van der Waals surface area contributed by atoms with E-state index in [1.54, 1.807) is 26.4 Å². The Kier molecular flexibility index (Phi) is 4.13. The van der Waals surface area contributed by atoms with Gasteiger partial charge in [-0.3, -0.25) is 0 Å². The average molecular weight is 259 g/mol. The predicted molar refractivity (Wildman–Crippen MR) is 74.7 cm³/mol. The fraction of sp³-hybridized carbons (Fsp3) is 0.200. The van der Waals surface area contributed by atoms with Crippen molar-refractivity contribution in [3.05, 3.63) is 48.0 Å². The van der Waals surface area contributed by atoms with E-state index in [0.29, 0.717) is 29.5 Å². The van der Waals surface area contributed by atoms with E-state index in [1.165, 1.54) is 0 Å². The van der Waals surface area contributed by atoms with Gasteiger partial charge in [0.05, 0.1) is 14.2 Å². The van der Waals surface area contributed by atoms with Crippen LogP contribution in [-0.4, -0.2) is 14.2 Å². The molecule has 19 heavy (non-hydrogen) atoms. The fourth-order valence-electron chi connectivity index (χ4n) is 1.77. The molecule has 2 rings (SSSR count). The smallest absolute Gasteiger partial charge is 0.204 e. The summed E-state index contributed by atoms with van der Waals surface area (Å²) in [6, 6.07) is 13.3. The van der Waals surface area contributed by atoms with Gasteiger partial charge >= 0.3 is 0 Å². The van der Waals surface area contributed by atoms with E-state index in [0.717, 1.165) is 5.56 Å². The van der Waals surface area contributed by atoms with Crippen LogP contribution < -0.4 is 19.9 Å². The second-order valence-corrected chi connectivity index (χ2v) is 4.03. The Labute approximate surface area is 112 Å². The van der Waals surface area contributed by atoms with Gasteiger partial charge < -0.3 is 19.9 Å². The van der Waals surface area contributed by atoms with E-state index >= 15 is 0 Å². The zero-order valence-corrected chi connectivity index (χ0v) is 11.1. The summed E-state index contributed by atoms with van der Waals surface area (Å²) in [5, 5.41) is 0. The Hall–Kier alpha value is -2.36. The fourth-order valence-corrected chi connectivity index (χ4v) is 1.77. The van der Waals surface area contributed by atoms with Crippen molar-refractivity contribution in [1.29, 1.82) is 0 Å². The Balaban J connectivity index is 2.23. The van der Waals surface area contributed by atoms with E-state index < -0.39 is 0 Å². The zero-order valence-electron chi connectivity index (χ0n) is 11.1. The van der Waals surface area contributed by atoms with Crippen LogP contribution in [-0.2, 0) is 6.61 Å². The summed E-state index contributed by atoms with van der Waals surface area (Å²) in [4.78, 5) is 0. The molecule has 0 saturated carbocycles. The number of ether oxygens (including phenoxy) is 3. The molecule has 4 nitrogen and oxygen atoms in total. The number of hydrogen-bond acceptors (Lipinski definition) is 4. The van der Waals surface area contributed by atoms with Crippen molar-refractivity contribution in [2.24, 2.45) is 0 Å². The molecule has 4 heteroatoms. The van der Waals surface area contributed by atoms with E-state index in [4.69, 9.17) is 19.9 Å². The zero-order chi connectivity index (χ0) is 13.7. The molecule has 2 aromatic carbocycles. The first-order chi connectivity index (χ1) is 9.24. The quantitative estimate of drug-likeness (QED) is 0.839. The molecule has 0 radical (unpaired) electrons. The third-order valence-electron chi connectivity index (χ3n) is 2.71. The molecular weight excluding hydrogens is 242 g/mol. The minimum atomic E-state index is 0.442. The molecule has 0 fully saturated rings. The Morgan fingerprint density at radius 3 is 2.05 bits per heavy atom. The van der Waals surface area contributed by atoms with Gasteiger partial charge in [-0.1, -0.05) is 30.3 Å². The number of anilines is 1. The van der Waals surface area contributed by atoms with Crippen molar-refractivity contribution in [2.45, 2.75) is 6.61 Å². The van der Waals surface area contributed by atoms with Crippen molar-refractivity contribution in [2.75, 3.05) is 20.0 Å². The molecule has 2 N–H and O–H groups in total. The molecule has 0 bridgehead atoms. The van der Waals surface area contributed by atoms with Gasteiger partial charge in [-0.05, 0) is 5.56 Å². The molecule has 0 aromatic heterocycles. The van der Waals surface area contributed by atoms with Crippen molar-refractivity contribution in [3.63, 3.8) is 0 Å². The maximum absolute atomic E-state index is 5.79. The first-order valence-corrected chi connectivity index (χ1v) is 5.93. The largest absolute Gasteiger partial charge is 0.493 e. The van der Waals surface area contributed by atoms with Gasteiger partial charge in [-0.15, -0.1) is 0 Å². The monoisotopic (exact) mass is 259 g/mol. The highest BCUT2D eigenvalue weighted by Gasteiger charge is 2.13. The lowest BCUT2D eigenvalue weighted by Crippen LogP contribution is -2.01. The molecule has 0 spiro atoms. The first-order valence-electron chi connectivity index (χ1n) is 5.93. The van der Waals surface area contributed by atoms with Crippen LogP contribution in [0.25, 0.3) is 0 Å². The summed E-state index contributed by atoms with van der Waals surface area (Å²) in [6.07, 6.45) is 0. The van der Waals surface area contributed by atoms with Gasteiger partial charge in [0, 0.05) is 17.8 Å². The van der Waals surface area contributed by atoms with Gasteiger partial charge in [0.1, 0.15) is 6.61 Å². The second-order valence-electron chi connectivity index (χ2n) is 4.03. The number of rotatable bonds is 5. The van der Waals surface area contributed by atoms with Crippen LogP contribution in [0, 0.1) is 0 Å². The molecule has 2 aromatic rings. The van der Waals surface area contributed by atoms with Crippen LogP contribution in [0.4, 0.5) is 5.69 Å². The first kappa shape index (κ1) is 13.1. The number of methoxy groups -OCH3 is 2. The van der Waals surface area contributed by atoms with E-state index in [2.05, 4.69) is 0 Å². The van der Waals surface area contributed by atoms with Crippen LogP contribution >= 0.6 is 0 Å². The van der Waals surface area contributed by atoms with Crippen molar-refractivity contribution < 1.29 is 14.2 Å². The highest BCUT2D eigenvalue weighted by Crippen LogP contribution is 2.39. The molecule has 0 aliphatic rings. The van der Waals surface area contributed by atoms with Gasteiger partial charge in [-0.25, -0.2) is 0 Å². The van der Waals surface area contributed by atoms with Crippen LogP contribution in [0.3, 0.4) is 0 Å². The summed E-state index contributed by atoms with van der Waals surface area (Å²) in [5.41, 5.74) is 7.41. The molecule has 0 atom stereocenters. The van der Waals surface area contributed by atoms with Crippen molar-refractivity contribution in [1.82, 2.24) is 0 Å². The lowest BCUT2D eigenvalue weighted by atomic mass is 10.2. The molecule has 100 valence electrons. The standard InChI is InChI=1S/C15H17NO3/c1-17-13-8-12(16)9-14(18-2)15(13)19-10-11-6-4-3-5-7-11/h3-9H,10,16H2,1-2H3. The van der Waals surface area contributed by atoms with E-state index in [1.807, 2.05) is 30.3 Å². The summed E-state index contributed by atoms with van der Waals surface area (Å²) < 4.78 is 16.3. The second kappa shape index (κ2) is 6.00. The lowest BCUT2D eigenvalue weighted by Gasteiger charge is -2.15. The average Bonchev–Trinajstić information content (AvgIpc) is 2.46. The Morgan fingerprint density at radius 1 is 0.947 bits per heavy atom. The summed E-state index contributed by atoms with van der Waals surface area (Å²) in [7, 11) is 3.15. The van der Waals surface area contributed by atoms with Crippen LogP contribution in [0.1, 0.15) is 5.56 Å². The van der Waals surface area contributed by atoms with Gasteiger partial charge in [0.2, 0.25) is 5.75 Å². The van der Waals surface area contributed by atoms with Gasteiger partial charge in [0.15, 0.2) is 11.5 Å². The lowest BCUT2D eigenvalue weighted by molar-refractivity contribution is 0.266. The summed E-state index contributed by atoms with van der Waals surface area (Å²) in [5.74, 6) is 1.68. The van der Waals surface area contributed by atoms with Gasteiger partial charge in [-0.2, -0.15) is 0 Å². The summed E-state index contributed by atoms with van der Waals surface area (Å²) in [6.45, 7) is 0.442. The van der Waals surface area contributed by atoms with Gasteiger partial charge in [0.25, 0.3) is 0 Å². The van der Waals surface area contributed by atoms with Crippen LogP contribution in [0.2, 0.25) is 0 Å². The van der Waals surface area contributed by atoms with Crippen LogP contribution in [0.5, 0.6) is 17.2 Å². The maximum atomic E-state index is 5.79. The molecule has 0 amide bonds. The summed E-state index contributed by atoms with van der Waals surface area (Å²) >= 11 is 0. The minimum Gasteiger partial charge on any atom is -0.493 e. The molecule has 0 aliphatic heterocycles. The van der Waals surface area contributed by atoms with E-state index in [9.17, 15) is 0 Å². The molecule has 0 saturated heterocycles. The van der Waals surface area contributed by atoms with E-state index in [-0.39, 0.29) is 0 Å². The number of nitrogen functional groups attached to an aromatic ring is 1. The highest BCUT2D eigenvalue weighted by molar-refractivity contribution is 5.60. The Morgan fingerprint density at radius 2 is 1.53 bits per heavy atom. The third kappa shape index (κ3) is 3.10. The minimum absolute atomic E-state index is 0.442. The number of benzene rings is 2.